The van der Waals surface area contributed by atoms with Gasteiger partial charge >= 0.3 is 0 Å². The Morgan fingerprint density at radius 1 is 0.387 bits per heavy atom. The first kappa shape index (κ1) is 34.6. The fraction of sp³-hybridized carbons (Fsp3) is 0.0175. The van der Waals surface area contributed by atoms with Crippen LogP contribution < -0.4 is 0 Å². The molecule has 9 aromatic carbocycles. The van der Waals surface area contributed by atoms with Crippen molar-refractivity contribution in [3.63, 3.8) is 0 Å². The fourth-order valence-corrected chi connectivity index (χ4v) is 9.63. The van der Waals surface area contributed by atoms with Crippen LogP contribution in [0.5, 0.6) is 0 Å². The lowest BCUT2D eigenvalue weighted by atomic mass is 9.96. The molecule has 0 fully saturated rings. The Morgan fingerprint density at radius 2 is 1.02 bits per heavy atom. The summed E-state index contributed by atoms with van der Waals surface area (Å²) in [4.78, 5) is 11.3. The molecule has 0 N–H and O–H groups in total. The maximum absolute atomic E-state index is 6.69. The van der Waals surface area contributed by atoms with Crippen molar-refractivity contribution in [2.45, 2.75) is 6.92 Å². The van der Waals surface area contributed by atoms with Gasteiger partial charge in [0.15, 0.2) is 5.82 Å². The molecule has 0 saturated heterocycles. The molecule has 0 saturated carbocycles. The minimum absolute atomic E-state index is 0.604. The number of aromatic nitrogens is 3. The van der Waals surface area contributed by atoms with Crippen LogP contribution in [0.3, 0.4) is 0 Å². The number of rotatable bonds is 5. The van der Waals surface area contributed by atoms with Crippen molar-refractivity contribution in [3.05, 3.63) is 200 Å². The van der Waals surface area contributed by atoms with Crippen LogP contribution in [-0.2, 0) is 0 Å². The molecule has 5 nitrogen and oxygen atoms in total. The lowest BCUT2D eigenvalue weighted by Gasteiger charge is -2.18. The van der Waals surface area contributed by atoms with Gasteiger partial charge in [0.25, 0.3) is 0 Å². The van der Waals surface area contributed by atoms with Gasteiger partial charge in [0.1, 0.15) is 22.3 Å². The van der Waals surface area contributed by atoms with Crippen molar-refractivity contribution in [3.8, 4) is 50.7 Å². The summed E-state index contributed by atoms with van der Waals surface area (Å²) in [5.74, 6) is 0.604. The quantitative estimate of drug-likeness (QED) is 0.174. The van der Waals surface area contributed by atoms with Gasteiger partial charge in [0.2, 0.25) is 0 Å². The largest absolute Gasteiger partial charge is 0.456 e. The first-order chi connectivity index (χ1) is 30.6. The Labute approximate surface area is 355 Å². The van der Waals surface area contributed by atoms with Crippen LogP contribution in [0.4, 0.5) is 0 Å². The Hall–Kier alpha value is -8.28. The lowest BCUT2D eigenvalue weighted by molar-refractivity contribution is 0.668. The van der Waals surface area contributed by atoms with Crippen molar-refractivity contribution in [1.29, 1.82) is 0 Å². The van der Waals surface area contributed by atoms with E-state index in [4.69, 9.17) is 18.8 Å². The number of benzene rings is 9. The average molecular weight is 794 g/mol. The SMILES string of the molecule is Cc1c(-c2cccc(-c3ccccc3)c2)nc(-c2cc3c(cc2-n2c4ccccc4c4cc5ccccc5cc42)oc2ccccc23)nc1-c1cccc2c1oc1ccccc12. The highest BCUT2D eigenvalue weighted by atomic mass is 16.3. The number of hydrogen-bond acceptors (Lipinski definition) is 4. The monoisotopic (exact) mass is 793 g/mol. The van der Waals surface area contributed by atoms with E-state index in [0.717, 1.165) is 105 Å². The molecule has 4 heterocycles. The molecular weight excluding hydrogens is 759 g/mol. The van der Waals surface area contributed by atoms with Gasteiger partial charge in [0, 0.05) is 60.6 Å². The van der Waals surface area contributed by atoms with Crippen molar-refractivity contribution >= 4 is 76.5 Å². The highest BCUT2D eigenvalue weighted by Gasteiger charge is 2.25. The summed E-state index contributed by atoms with van der Waals surface area (Å²) in [5, 5.41) is 8.88. The molecule has 0 amide bonds. The van der Waals surface area contributed by atoms with Gasteiger partial charge in [-0.3, -0.25) is 0 Å². The molecule has 0 atom stereocenters. The number of hydrogen-bond donors (Lipinski definition) is 0. The van der Waals surface area contributed by atoms with Crippen LogP contribution in [0.25, 0.3) is 127 Å². The van der Waals surface area contributed by atoms with Crippen molar-refractivity contribution in [1.82, 2.24) is 14.5 Å². The normalized spacial score (nSPS) is 12.0. The van der Waals surface area contributed by atoms with E-state index in [1.54, 1.807) is 0 Å². The van der Waals surface area contributed by atoms with Crippen LogP contribution in [0.2, 0.25) is 0 Å². The molecule has 0 unspecified atom stereocenters. The lowest BCUT2D eigenvalue weighted by Crippen LogP contribution is -2.04. The zero-order chi connectivity index (χ0) is 40.9. The molecule has 290 valence electrons. The summed E-state index contributed by atoms with van der Waals surface area (Å²) < 4.78 is 15.7. The number of para-hydroxylation sites is 4. The maximum atomic E-state index is 6.69. The van der Waals surface area contributed by atoms with Crippen LogP contribution in [-0.4, -0.2) is 14.5 Å². The van der Waals surface area contributed by atoms with Crippen LogP contribution >= 0.6 is 0 Å². The zero-order valence-electron chi connectivity index (χ0n) is 33.6. The second-order valence-electron chi connectivity index (χ2n) is 16.1. The van der Waals surface area contributed by atoms with Gasteiger partial charge in [-0.2, -0.15) is 0 Å². The third-order valence-electron chi connectivity index (χ3n) is 12.6. The van der Waals surface area contributed by atoms with Crippen molar-refractivity contribution in [2.75, 3.05) is 0 Å². The average Bonchev–Trinajstić information content (AvgIpc) is 4.00. The summed E-state index contributed by atoms with van der Waals surface area (Å²) in [7, 11) is 0. The second kappa shape index (κ2) is 13.4. The van der Waals surface area contributed by atoms with Gasteiger partial charge in [-0.15, -0.1) is 0 Å². The smallest absolute Gasteiger partial charge is 0.162 e. The molecule has 13 aromatic rings. The summed E-state index contributed by atoms with van der Waals surface area (Å²) in [5.41, 5.74) is 14.1. The third-order valence-corrected chi connectivity index (χ3v) is 12.6. The zero-order valence-corrected chi connectivity index (χ0v) is 33.6. The van der Waals surface area contributed by atoms with E-state index in [2.05, 4.69) is 181 Å². The van der Waals surface area contributed by atoms with Gasteiger partial charge in [-0.1, -0.05) is 140 Å². The molecule has 0 aliphatic rings. The summed E-state index contributed by atoms with van der Waals surface area (Å²) >= 11 is 0. The highest BCUT2D eigenvalue weighted by Crippen LogP contribution is 2.44. The van der Waals surface area contributed by atoms with Crippen LogP contribution in [0.15, 0.2) is 203 Å². The Balaban J connectivity index is 1.16. The van der Waals surface area contributed by atoms with E-state index in [1.165, 1.54) is 21.5 Å². The maximum Gasteiger partial charge on any atom is 0.162 e. The predicted octanol–water partition coefficient (Wildman–Crippen LogP) is 15.5. The number of furan rings is 2. The summed E-state index contributed by atoms with van der Waals surface area (Å²) in [6.07, 6.45) is 0. The first-order valence-corrected chi connectivity index (χ1v) is 21.0. The molecule has 0 aliphatic heterocycles. The van der Waals surface area contributed by atoms with Gasteiger partial charge in [-0.05, 0) is 77.4 Å². The van der Waals surface area contributed by atoms with E-state index in [-0.39, 0.29) is 0 Å². The minimum Gasteiger partial charge on any atom is -0.456 e. The molecule has 62 heavy (non-hydrogen) atoms. The molecule has 0 radical (unpaired) electrons. The second-order valence-corrected chi connectivity index (χ2v) is 16.1. The van der Waals surface area contributed by atoms with E-state index in [9.17, 15) is 0 Å². The molecule has 4 aromatic heterocycles. The Morgan fingerprint density at radius 3 is 1.85 bits per heavy atom. The predicted molar refractivity (Wildman–Crippen MR) is 255 cm³/mol. The highest BCUT2D eigenvalue weighted by molar-refractivity contribution is 6.15. The topological polar surface area (TPSA) is 57.0 Å². The Kier molecular flexibility index (Phi) is 7.45. The standard InChI is InChI=1S/C57H35N3O2/c1-34-54(39-20-13-19-36(29-39)35-15-3-2-4-16-35)58-57(59-55(34)44-25-14-24-43-41-22-8-12-28-52(41)62-56(43)44)47-32-46-42-23-9-11-27-51(42)61-53(46)33-50(47)60-48-26-10-7-21-40(48)45-30-37-17-5-6-18-38(37)31-49(45)60/h2-33H,1H3. The number of fused-ring (bicyclic) bond motifs is 10. The molecule has 13 rings (SSSR count). The molecule has 5 heteroatoms. The number of nitrogens with zero attached hydrogens (tertiary/aromatic N) is 3. The van der Waals surface area contributed by atoms with Crippen molar-refractivity contribution in [2.24, 2.45) is 0 Å². The van der Waals surface area contributed by atoms with Crippen LogP contribution in [0.1, 0.15) is 5.56 Å². The molecular formula is C57H35N3O2. The third kappa shape index (κ3) is 5.22. The van der Waals surface area contributed by atoms with Gasteiger partial charge < -0.3 is 13.4 Å². The van der Waals surface area contributed by atoms with Crippen molar-refractivity contribution < 1.29 is 8.83 Å². The van der Waals surface area contributed by atoms with E-state index in [1.807, 2.05) is 24.3 Å². The van der Waals surface area contributed by atoms with E-state index < -0.39 is 0 Å². The minimum atomic E-state index is 0.604. The van der Waals surface area contributed by atoms with E-state index in [0.29, 0.717) is 5.82 Å². The fourth-order valence-electron chi connectivity index (χ4n) is 9.63. The summed E-state index contributed by atoms with van der Waals surface area (Å²) in [6.45, 7) is 2.14. The van der Waals surface area contributed by atoms with Gasteiger partial charge in [-0.25, -0.2) is 9.97 Å². The molecule has 0 spiro atoms. The van der Waals surface area contributed by atoms with E-state index >= 15 is 0 Å². The van der Waals surface area contributed by atoms with Crippen LogP contribution in [0, 0.1) is 6.92 Å². The molecule has 0 bridgehead atoms. The molecule has 0 aliphatic carbocycles. The summed E-state index contributed by atoms with van der Waals surface area (Å²) in [6, 6.07) is 68.3. The Bertz CT molecular complexity index is 3950. The first-order valence-electron chi connectivity index (χ1n) is 21.0. The van der Waals surface area contributed by atoms with Gasteiger partial charge in [0.05, 0.1) is 28.1 Å².